The maximum absolute atomic E-state index is 12.6. The number of tetrazole rings is 1. The van der Waals surface area contributed by atoms with E-state index in [1.165, 1.54) is 6.33 Å². The lowest BCUT2D eigenvalue weighted by atomic mass is 9.77. The number of nitrogens with zero attached hydrogens (tertiary/aromatic N) is 6. The average Bonchev–Trinajstić information content (AvgIpc) is 3.35. The fraction of sp³-hybridized carbons (Fsp3) is 0.611. The number of fused-ring (bicyclic) bond motifs is 1. The normalized spacial score (nSPS) is 27.4. The van der Waals surface area contributed by atoms with E-state index < -0.39 is 0 Å². The largest absolute Gasteiger partial charge is 0.379 e. The number of anilines is 1. The molecule has 0 aromatic carbocycles. The molecule has 0 radical (unpaired) electrons. The van der Waals surface area contributed by atoms with E-state index in [9.17, 15) is 4.79 Å². The number of carbonyl (C=O) groups excluding carboxylic acids is 1. The number of rotatable bonds is 6. The highest BCUT2D eigenvalue weighted by Gasteiger charge is 2.43. The van der Waals surface area contributed by atoms with Crippen LogP contribution in [0.15, 0.2) is 30.7 Å². The Kier molecular flexibility index (Phi) is 5.28. The predicted molar refractivity (Wildman–Crippen MR) is 97.7 cm³/mol. The summed E-state index contributed by atoms with van der Waals surface area (Å²) in [6.07, 6.45) is 5.82. The minimum Gasteiger partial charge on any atom is -0.379 e. The minimum atomic E-state index is 0.129. The number of nitrogens with one attached hydrogen (secondary N) is 1. The van der Waals surface area contributed by atoms with Gasteiger partial charge in [0.1, 0.15) is 12.1 Å². The standard InChI is InChI=1S/C18H25N7O2/c1-27-16-9-14-11-24(18(26)5-7-25-12-20-22-23-25)10-13(14)8-15(16)21-17-4-2-3-6-19-17/h2-4,6,12-16H,5,7-11H2,1H3,(H,19,21)/t13-,14+,15-,16-/m1/s1. The number of ether oxygens (including phenoxy) is 1. The molecule has 4 atom stereocenters. The second-order valence-corrected chi connectivity index (χ2v) is 7.35. The first-order valence-corrected chi connectivity index (χ1v) is 9.42. The SMILES string of the molecule is CO[C@@H]1C[C@H]2CN(C(=O)CCn3cnnn3)C[C@H]2C[C@H]1Nc1ccccn1. The summed E-state index contributed by atoms with van der Waals surface area (Å²) in [5, 5.41) is 14.5. The zero-order valence-electron chi connectivity index (χ0n) is 15.4. The quantitative estimate of drug-likeness (QED) is 0.803. The van der Waals surface area contributed by atoms with E-state index in [4.69, 9.17) is 4.74 Å². The summed E-state index contributed by atoms with van der Waals surface area (Å²) >= 11 is 0. The van der Waals surface area contributed by atoms with Gasteiger partial charge in [-0.05, 0) is 47.2 Å². The van der Waals surface area contributed by atoms with Gasteiger partial charge in [0, 0.05) is 32.8 Å². The molecule has 4 rings (SSSR count). The Morgan fingerprint density at radius 2 is 2.15 bits per heavy atom. The van der Waals surface area contributed by atoms with Crippen molar-refractivity contribution in [2.24, 2.45) is 11.8 Å². The topological polar surface area (TPSA) is 98.1 Å². The van der Waals surface area contributed by atoms with Gasteiger partial charge >= 0.3 is 0 Å². The zero-order chi connectivity index (χ0) is 18.6. The predicted octanol–water partition coefficient (Wildman–Crippen LogP) is 0.822. The molecule has 144 valence electrons. The number of aromatic nitrogens is 5. The van der Waals surface area contributed by atoms with Crippen LogP contribution in [0.25, 0.3) is 0 Å². The third kappa shape index (κ3) is 4.08. The fourth-order valence-corrected chi connectivity index (χ4v) is 4.32. The van der Waals surface area contributed by atoms with Crippen LogP contribution in [0.5, 0.6) is 0 Å². The van der Waals surface area contributed by atoms with Gasteiger partial charge < -0.3 is 15.0 Å². The van der Waals surface area contributed by atoms with Gasteiger partial charge in [-0.2, -0.15) is 0 Å². The monoisotopic (exact) mass is 371 g/mol. The lowest BCUT2D eigenvalue weighted by molar-refractivity contribution is -0.130. The Morgan fingerprint density at radius 1 is 1.30 bits per heavy atom. The third-order valence-corrected chi connectivity index (χ3v) is 5.72. The van der Waals surface area contributed by atoms with Crippen LogP contribution >= 0.6 is 0 Å². The molecule has 9 nitrogen and oxygen atoms in total. The van der Waals surface area contributed by atoms with Crippen LogP contribution < -0.4 is 5.32 Å². The number of pyridine rings is 1. The molecular weight excluding hydrogens is 346 g/mol. The number of methoxy groups -OCH3 is 1. The molecular formula is C18H25N7O2. The summed E-state index contributed by atoms with van der Waals surface area (Å²) in [6.45, 7) is 2.15. The molecule has 27 heavy (non-hydrogen) atoms. The summed E-state index contributed by atoms with van der Waals surface area (Å²) in [6, 6.07) is 6.07. The first kappa shape index (κ1) is 17.8. The number of carbonyl (C=O) groups is 1. The first-order chi connectivity index (χ1) is 13.2. The van der Waals surface area contributed by atoms with Crippen LogP contribution in [0, 0.1) is 11.8 Å². The maximum atomic E-state index is 12.6. The van der Waals surface area contributed by atoms with Gasteiger partial charge in [0.25, 0.3) is 0 Å². The Hall–Kier alpha value is -2.55. The highest BCUT2D eigenvalue weighted by atomic mass is 16.5. The van der Waals surface area contributed by atoms with Gasteiger partial charge in [-0.15, -0.1) is 5.10 Å². The molecule has 2 fully saturated rings. The summed E-state index contributed by atoms with van der Waals surface area (Å²) < 4.78 is 7.35. The van der Waals surface area contributed by atoms with Crippen molar-refractivity contribution in [3.8, 4) is 0 Å². The van der Waals surface area contributed by atoms with E-state index in [2.05, 4.69) is 25.8 Å². The van der Waals surface area contributed by atoms with Crippen molar-refractivity contribution in [1.29, 1.82) is 0 Å². The molecule has 0 unspecified atom stereocenters. The van der Waals surface area contributed by atoms with E-state index in [1.54, 1.807) is 18.0 Å². The lowest BCUT2D eigenvalue weighted by Crippen LogP contribution is -2.44. The van der Waals surface area contributed by atoms with Crippen molar-refractivity contribution in [2.45, 2.75) is 38.0 Å². The number of likely N-dealkylation sites (tertiary alicyclic amines) is 1. The number of aryl methyl sites for hydroxylation is 1. The maximum Gasteiger partial charge on any atom is 0.224 e. The van der Waals surface area contributed by atoms with E-state index in [1.807, 2.05) is 23.1 Å². The van der Waals surface area contributed by atoms with E-state index >= 15 is 0 Å². The zero-order valence-corrected chi connectivity index (χ0v) is 15.4. The van der Waals surface area contributed by atoms with Crippen LogP contribution in [0.1, 0.15) is 19.3 Å². The number of hydrogen-bond donors (Lipinski definition) is 1. The van der Waals surface area contributed by atoms with E-state index in [0.29, 0.717) is 24.8 Å². The molecule has 2 aromatic heterocycles. The van der Waals surface area contributed by atoms with Crippen molar-refractivity contribution in [1.82, 2.24) is 30.1 Å². The summed E-state index contributed by atoms with van der Waals surface area (Å²) in [7, 11) is 1.77. The van der Waals surface area contributed by atoms with E-state index in [-0.39, 0.29) is 18.1 Å². The second-order valence-electron chi connectivity index (χ2n) is 7.35. The van der Waals surface area contributed by atoms with Gasteiger partial charge in [0.2, 0.25) is 5.91 Å². The smallest absolute Gasteiger partial charge is 0.224 e. The van der Waals surface area contributed by atoms with E-state index in [0.717, 1.165) is 31.7 Å². The summed E-state index contributed by atoms with van der Waals surface area (Å²) in [5.74, 6) is 2.03. The van der Waals surface area contributed by atoms with Crippen LogP contribution in [-0.4, -0.2) is 68.3 Å². The van der Waals surface area contributed by atoms with Crippen molar-refractivity contribution in [3.05, 3.63) is 30.7 Å². The van der Waals surface area contributed by atoms with Gasteiger partial charge in [0.15, 0.2) is 0 Å². The van der Waals surface area contributed by atoms with Crippen molar-refractivity contribution >= 4 is 11.7 Å². The molecule has 1 aliphatic carbocycles. The Bertz CT molecular complexity index is 739. The highest BCUT2D eigenvalue weighted by Crippen LogP contribution is 2.38. The van der Waals surface area contributed by atoms with Crippen molar-refractivity contribution < 1.29 is 9.53 Å². The Morgan fingerprint density at radius 3 is 2.85 bits per heavy atom. The average molecular weight is 371 g/mol. The Balaban J connectivity index is 1.35. The molecule has 1 amide bonds. The minimum absolute atomic E-state index is 0.129. The van der Waals surface area contributed by atoms with Gasteiger partial charge in [-0.3, -0.25) is 4.79 Å². The molecule has 3 heterocycles. The van der Waals surface area contributed by atoms with Crippen LogP contribution in [0.3, 0.4) is 0 Å². The Labute approximate surface area is 158 Å². The second kappa shape index (κ2) is 7.99. The third-order valence-electron chi connectivity index (χ3n) is 5.72. The molecule has 2 aliphatic rings. The highest BCUT2D eigenvalue weighted by molar-refractivity contribution is 5.76. The fourth-order valence-electron chi connectivity index (χ4n) is 4.32. The lowest BCUT2D eigenvalue weighted by Gasteiger charge is -2.37. The number of amides is 1. The van der Waals surface area contributed by atoms with Crippen molar-refractivity contribution in [3.63, 3.8) is 0 Å². The van der Waals surface area contributed by atoms with Gasteiger partial charge in [0.05, 0.1) is 18.7 Å². The molecule has 1 N–H and O–H groups in total. The summed E-state index contributed by atoms with van der Waals surface area (Å²) in [4.78, 5) is 19.0. The van der Waals surface area contributed by atoms with Gasteiger partial charge in [-0.1, -0.05) is 6.07 Å². The molecule has 2 aromatic rings. The molecule has 9 heteroatoms. The first-order valence-electron chi connectivity index (χ1n) is 9.42. The molecule has 0 spiro atoms. The van der Waals surface area contributed by atoms with Crippen molar-refractivity contribution in [2.75, 3.05) is 25.5 Å². The van der Waals surface area contributed by atoms with Crippen LogP contribution in [0.4, 0.5) is 5.82 Å². The molecule has 1 saturated carbocycles. The number of hydrogen-bond acceptors (Lipinski definition) is 7. The molecule has 1 aliphatic heterocycles. The van der Waals surface area contributed by atoms with Crippen LogP contribution in [-0.2, 0) is 16.1 Å². The summed E-state index contributed by atoms with van der Waals surface area (Å²) in [5.41, 5.74) is 0. The molecule has 0 bridgehead atoms. The van der Waals surface area contributed by atoms with Gasteiger partial charge in [-0.25, -0.2) is 9.67 Å². The molecule has 1 saturated heterocycles. The van der Waals surface area contributed by atoms with Crippen LogP contribution in [0.2, 0.25) is 0 Å².